The Balaban J connectivity index is 1.36. The van der Waals surface area contributed by atoms with Crippen LogP contribution in [0.3, 0.4) is 0 Å². The van der Waals surface area contributed by atoms with Crippen molar-refractivity contribution >= 4 is 43.0 Å². The summed E-state index contributed by atoms with van der Waals surface area (Å²) >= 11 is 1.45. The highest BCUT2D eigenvalue weighted by Crippen LogP contribution is 2.41. The molecule has 184 valence electrons. The summed E-state index contributed by atoms with van der Waals surface area (Å²) in [6.07, 6.45) is 7.07. The smallest absolute Gasteiger partial charge is 0.165 e. The second-order valence-corrected chi connectivity index (χ2v) is 13.3. The van der Waals surface area contributed by atoms with Gasteiger partial charge in [0.2, 0.25) is 0 Å². The number of rotatable bonds is 6. The van der Waals surface area contributed by atoms with Gasteiger partial charge in [0, 0.05) is 28.8 Å². The number of fused-ring (bicyclic) bond motifs is 1. The third-order valence-corrected chi connectivity index (χ3v) is 9.75. The lowest BCUT2D eigenvalue weighted by molar-refractivity contribution is 0.0826. The zero-order chi connectivity index (χ0) is 24.4. The normalized spacial score (nSPS) is 18.8. The molecule has 2 fully saturated rings. The molecule has 35 heavy (non-hydrogen) atoms. The molecule has 3 N–H and O–H groups in total. The number of nitrogens with zero attached hydrogens (tertiary/aromatic N) is 5. The summed E-state index contributed by atoms with van der Waals surface area (Å²) < 4.78 is 26.3. The van der Waals surface area contributed by atoms with Gasteiger partial charge in [-0.05, 0) is 45.6 Å². The zero-order valence-electron chi connectivity index (χ0n) is 19.5. The third-order valence-electron chi connectivity index (χ3n) is 6.59. The summed E-state index contributed by atoms with van der Waals surface area (Å²) in [5.41, 5.74) is 1.60. The summed E-state index contributed by atoms with van der Waals surface area (Å²) in [6, 6.07) is 3.96. The molecule has 0 radical (unpaired) electrons. The molecule has 0 unspecified atom stereocenters. The van der Waals surface area contributed by atoms with Crippen molar-refractivity contribution in [2.45, 2.75) is 57.1 Å². The highest BCUT2D eigenvalue weighted by molar-refractivity contribution is 7.91. The predicted octanol–water partition coefficient (Wildman–Crippen LogP) is 3.88. The molecular formula is C23H27N7O3S2. The first kappa shape index (κ1) is 22.6. The number of aromatic nitrogens is 6. The first-order valence-corrected chi connectivity index (χ1v) is 14.4. The highest BCUT2D eigenvalue weighted by atomic mass is 32.2. The van der Waals surface area contributed by atoms with Crippen LogP contribution in [-0.4, -0.2) is 55.0 Å². The van der Waals surface area contributed by atoms with Gasteiger partial charge >= 0.3 is 0 Å². The van der Waals surface area contributed by atoms with Crippen LogP contribution >= 0.6 is 11.3 Å². The SMILES string of the molecule is CC(C)(O)c1cc2nc(-c3cnn(C4CCS(=O)(=O)CC4)c3)nc(Nc3cc(C4CC4)[nH]n3)c2s1. The van der Waals surface area contributed by atoms with Gasteiger partial charge in [0.15, 0.2) is 17.5 Å². The number of anilines is 2. The van der Waals surface area contributed by atoms with Gasteiger partial charge < -0.3 is 10.4 Å². The van der Waals surface area contributed by atoms with Crippen LogP contribution in [0.1, 0.15) is 62.1 Å². The molecular weight excluding hydrogens is 486 g/mol. The van der Waals surface area contributed by atoms with Crippen LogP contribution in [0.15, 0.2) is 24.5 Å². The van der Waals surface area contributed by atoms with E-state index in [9.17, 15) is 13.5 Å². The molecule has 2 aliphatic rings. The van der Waals surface area contributed by atoms with E-state index in [1.807, 2.05) is 23.0 Å². The van der Waals surface area contributed by atoms with E-state index in [1.165, 1.54) is 24.2 Å². The molecule has 1 aliphatic carbocycles. The fourth-order valence-corrected chi connectivity index (χ4v) is 6.88. The van der Waals surface area contributed by atoms with E-state index >= 15 is 0 Å². The van der Waals surface area contributed by atoms with Gasteiger partial charge in [-0.1, -0.05) is 0 Å². The second kappa shape index (κ2) is 8.10. The van der Waals surface area contributed by atoms with Gasteiger partial charge in [-0.15, -0.1) is 11.3 Å². The molecule has 10 nitrogen and oxygen atoms in total. The summed E-state index contributed by atoms with van der Waals surface area (Å²) in [4.78, 5) is 10.4. The van der Waals surface area contributed by atoms with Crippen LogP contribution in [0.2, 0.25) is 0 Å². The number of aliphatic hydroxyl groups is 1. The topological polar surface area (TPSA) is 139 Å². The lowest BCUT2D eigenvalue weighted by atomic mass is 10.1. The fraction of sp³-hybridized carbons (Fsp3) is 0.478. The molecule has 0 aromatic carbocycles. The van der Waals surface area contributed by atoms with Crippen LogP contribution in [0.4, 0.5) is 11.6 Å². The molecule has 1 saturated carbocycles. The minimum atomic E-state index is -2.94. The predicted molar refractivity (Wildman–Crippen MR) is 135 cm³/mol. The van der Waals surface area contributed by atoms with Gasteiger partial charge in [0.05, 0.1) is 45.1 Å². The lowest BCUT2D eigenvalue weighted by Gasteiger charge is -2.22. The summed E-state index contributed by atoms with van der Waals surface area (Å²) in [5, 5.41) is 25.9. The Hall–Kier alpha value is -2.83. The Bertz CT molecular complexity index is 1500. The third kappa shape index (κ3) is 4.57. The van der Waals surface area contributed by atoms with Gasteiger partial charge in [-0.2, -0.15) is 10.2 Å². The van der Waals surface area contributed by atoms with E-state index in [1.54, 1.807) is 20.0 Å². The van der Waals surface area contributed by atoms with Gasteiger partial charge in [-0.25, -0.2) is 18.4 Å². The van der Waals surface area contributed by atoms with Crippen LogP contribution in [-0.2, 0) is 15.4 Å². The molecule has 6 rings (SSSR count). The minimum absolute atomic E-state index is 0.0430. The number of nitrogens with one attached hydrogen (secondary N) is 2. The maximum atomic E-state index is 11.8. The van der Waals surface area contributed by atoms with Crippen LogP contribution in [0.5, 0.6) is 0 Å². The van der Waals surface area contributed by atoms with E-state index in [2.05, 4.69) is 20.6 Å². The summed E-state index contributed by atoms with van der Waals surface area (Å²) in [7, 11) is -2.94. The van der Waals surface area contributed by atoms with Crippen molar-refractivity contribution in [2.75, 3.05) is 16.8 Å². The minimum Gasteiger partial charge on any atom is -0.385 e. The standard InChI is InChI=1S/C23H27N7O3S2/c1-23(2,31)18-9-17-20(34-18)22(26-19-10-16(28-29-19)13-3-4-13)27-21(25-17)14-11-24-30(12-14)15-5-7-35(32,33)8-6-15/h9-13,15,31H,3-8H2,1-2H3,(H2,25,26,27,28,29). The fourth-order valence-electron chi connectivity index (χ4n) is 4.37. The van der Waals surface area contributed by atoms with E-state index in [0.717, 1.165) is 26.4 Å². The number of thiophene rings is 1. The monoisotopic (exact) mass is 513 g/mol. The number of hydrogen-bond donors (Lipinski definition) is 3. The van der Waals surface area contributed by atoms with Crippen molar-refractivity contribution in [2.24, 2.45) is 0 Å². The quantitative estimate of drug-likeness (QED) is 0.353. The van der Waals surface area contributed by atoms with Crippen molar-refractivity contribution in [3.63, 3.8) is 0 Å². The summed E-state index contributed by atoms with van der Waals surface area (Å²) in [6.45, 7) is 3.51. The molecule has 1 saturated heterocycles. The first-order valence-electron chi connectivity index (χ1n) is 11.8. The maximum absolute atomic E-state index is 11.8. The summed E-state index contributed by atoms with van der Waals surface area (Å²) in [5.74, 6) is 2.75. The molecule has 12 heteroatoms. The molecule has 5 heterocycles. The van der Waals surface area contributed by atoms with Gasteiger partial charge in [-0.3, -0.25) is 9.78 Å². The molecule has 0 amide bonds. The Kier molecular flexibility index (Phi) is 5.24. The number of sulfone groups is 1. The average molecular weight is 514 g/mol. The van der Waals surface area contributed by atoms with Crippen LogP contribution < -0.4 is 5.32 Å². The van der Waals surface area contributed by atoms with Crippen molar-refractivity contribution in [1.82, 2.24) is 29.9 Å². The molecule has 1 aliphatic heterocycles. The van der Waals surface area contributed by atoms with E-state index < -0.39 is 15.4 Å². The van der Waals surface area contributed by atoms with Crippen molar-refractivity contribution in [3.05, 3.63) is 35.1 Å². The molecule has 0 spiro atoms. The van der Waals surface area contributed by atoms with Crippen LogP contribution in [0, 0.1) is 0 Å². The van der Waals surface area contributed by atoms with Crippen molar-refractivity contribution in [3.8, 4) is 11.4 Å². The molecule has 4 aromatic heterocycles. The lowest BCUT2D eigenvalue weighted by Crippen LogP contribution is -2.25. The molecule has 4 aromatic rings. The highest BCUT2D eigenvalue weighted by Gasteiger charge is 2.28. The van der Waals surface area contributed by atoms with Crippen LogP contribution in [0.25, 0.3) is 21.6 Å². The second-order valence-electron chi connectivity index (χ2n) is 9.98. The molecule has 0 bridgehead atoms. The number of hydrogen-bond acceptors (Lipinski definition) is 9. The van der Waals surface area contributed by atoms with E-state index in [4.69, 9.17) is 9.97 Å². The van der Waals surface area contributed by atoms with Crippen molar-refractivity contribution in [1.29, 1.82) is 0 Å². The first-order chi connectivity index (χ1) is 16.6. The molecule has 0 atom stereocenters. The van der Waals surface area contributed by atoms with Gasteiger partial charge in [0.25, 0.3) is 0 Å². The Labute approximate surface area is 206 Å². The number of aromatic amines is 1. The Morgan fingerprint density at radius 2 is 1.94 bits per heavy atom. The largest absolute Gasteiger partial charge is 0.385 e. The maximum Gasteiger partial charge on any atom is 0.165 e. The average Bonchev–Trinajstić information content (AvgIpc) is 3.19. The number of H-pyrrole nitrogens is 1. The van der Waals surface area contributed by atoms with E-state index in [0.29, 0.717) is 36.2 Å². The zero-order valence-corrected chi connectivity index (χ0v) is 21.2. The Morgan fingerprint density at radius 1 is 1.17 bits per heavy atom. The van der Waals surface area contributed by atoms with Gasteiger partial charge in [0.1, 0.15) is 9.84 Å². The Morgan fingerprint density at radius 3 is 2.66 bits per heavy atom. The van der Waals surface area contributed by atoms with Crippen molar-refractivity contribution < 1.29 is 13.5 Å². The van der Waals surface area contributed by atoms with E-state index in [-0.39, 0.29) is 17.5 Å².